The number of likely N-dealkylation sites (tertiary alicyclic amines) is 1. The maximum absolute atomic E-state index is 10.9. The number of aliphatic carboxylic acids is 1. The van der Waals surface area contributed by atoms with E-state index in [9.17, 15) is 4.79 Å². The Labute approximate surface area is 97.8 Å². The Hall–Kier alpha value is -0.570. The smallest absolute Gasteiger partial charge is 0.307 e. The van der Waals surface area contributed by atoms with E-state index in [4.69, 9.17) is 5.11 Å². The lowest BCUT2D eigenvalue weighted by atomic mass is 9.97. The minimum Gasteiger partial charge on any atom is -0.481 e. The van der Waals surface area contributed by atoms with Crippen LogP contribution in [0.25, 0.3) is 0 Å². The van der Waals surface area contributed by atoms with Crippen molar-refractivity contribution in [2.75, 3.05) is 19.6 Å². The number of nitrogens with zero attached hydrogens (tertiary/aromatic N) is 1. The third-order valence-electron chi connectivity index (χ3n) is 4.18. The summed E-state index contributed by atoms with van der Waals surface area (Å²) in [6, 6.07) is 0. The lowest BCUT2D eigenvalue weighted by molar-refractivity contribution is -0.143. The average molecular weight is 225 g/mol. The number of carbonyl (C=O) groups is 1. The minimum absolute atomic E-state index is 0.114. The molecule has 1 saturated heterocycles. The van der Waals surface area contributed by atoms with Crippen LogP contribution in [0.1, 0.15) is 44.9 Å². The maximum Gasteiger partial charge on any atom is 0.307 e. The van der Waals surface area contributed by atoms with Crippen LogP contribution in [0.3, 0.4) is 0 Å². The molecule has 0 radical (unpaired) electrons. The fraction of sp³-hybridized carbons (Fsp3) is 0.923. The second-order valence-electron chi connectivity index (χ2n) is 5.42. The predicted molar refractivity (Wildman–Crippen MR) is 63.4 cm³/mol. The van der Waals surface area contributed by atoms with Crippen LogP contribution >= 0.6 is 0 Å². The largest absolute Gasteiger partial charge is 0.481 e. The monoisotopic (exact) mass is 225 g/mol. The van der Waals surface area contributed by atoms with Gasteiger partial charge in [0.25, 0.3) is 0 Å². The number of rotatable bonds is 4. The molecule has 0 aromatic rings. The van der Waals surface area contributed by atoms with E-state index in [0.717, 1.165) is 38.4 Å². The summed E-state index contributed by atoms with van der Waals surface area (Å²) in [6.45, 7) is 3.01. The van der Waals surface area contributed by atoms with Gasteiger partial charge in [-0.2, -0.15) is 0 Å². The van der Waals surface area contributed by atoms with Gasteiger partial charge in [-0.15, -0.1) is 0 Å². The summed E-state index contributed by atoms with van der Waals surface area (Å²) >= 11 is 0. The first-order valence-corrected chi connectivity index (χ1v) is 6.71. The molecule has 2 aliphatic rings. The topological polar surface area (TPSA) is 40.5 Å². The van der Waals surface area contributed by atoms with Crippen LogP contribution in [-0.4, -0.2) is 35.6 Å². The molecule has 16 heavy (non-hydrogen) atoms. The van der Waals surface area contributed by atoms with Crippen molar-refractivity contribution >= 4 is 5.97 Å². The summed E-state index contributed by atoms with van der Waals surface area (Å²) in [5, 5.41) is 9.01. The maximum atomic E-state index is 10.9. The molecule has 0 bridgehead atoms. The molecule has 3 nitrogen and oxygen atoms in total. The normalized spacial score (nSPS) is 28.4. The van der Waals surface area contributed by atoms with Crippen LogP contribution in [0, 0.1) is 11.8 Å². The Kier molecular flexibility index (Phi) is 4.22. The van der Waals surface area contributed by atoms with Crippen molar-refractivity contribution in [3.05, 3.63) is 0 Å². The van der Waals surface area contributed by atoms with E-state index in [2.05, 4.69) is 4.90 Å². The highest BCUT2D eigenvalue weighted by Crippen LogP contribution is 2.28. The SMILES string of the molecule is O=C(O)C1CCCN(CCC2CCCC2)C1. The first kappa shape index (κ1) is 11.9. The van der Waals surface area contributed by atoms with Gasteiger partial charge in [0.1, 0.15) is 0 Å². The molecule has 0 spiro atoms. The highest BCUT2D eigenvalue weighted by molar-refractivity contribution is 5.70. The van der Waals surface area contributed by atoms with Crippen LogP contribution < -0.4 is 0 Å². The van der Waals surface area contributed by atoms with Gasteiger partial charge in [0.15, 0.2) is 0 Å². The first-order chi connectivity index (χ1) is 7.75. The average Bonchev–Trinajstić information content (AvgIpc) is 2.79. The molecule has 1 unspecified atom stereocenters. The predicted octanol–water partition coefficient (Wildman–Crippen LogP) is 2.36. The van der Waals surface area contributed by atoms with Gasteiger partial charge in [0.05, 0.1) is 5.92 Å². The molecule has 1 saturated carbocycles. The lowest BCUT2D eigenvalue weighted by Crippen LogP contribution is -2.39. The number of carboxylic acid groups (broad SMARTS) is 1. The van der Waals surface area contributed by atoms with E-state index in [0.29, 0.717) is 0 Å². The second kappa shape index (κ2) is 5.67. The molecule has 1 aliphatic carbocycles. The van der Waals surface area contributed by atoms with Crippen LogP contribution in [0.5, 0.6) is 0 Å². The van der Waals surface area contributed by atoms with E-state index in [1.807, 2.05) is 0 Å². The van der Waals surface area contributed by atoms with E-state index in [1.165, 1.54) is 32.1 Å². The number of hydrogen-bond donors (Lipinski definition) is 1. The van der Waals surface area contributed by atoms with Crippen molar-refractivity contribution in [2.45, 2.75) is 44.9 Å². The van der Waals surface area contributed by atoms with Gasteiger partial charge in [0.2, 0.25) is 0 Å². The van der Waals surface area contributed by atoms with Gasteiger partial charge in [-0.1, -0.05) is 25.7 Å². The molecule has 0 amide bonds. The van der Waals surface area contributed by atoms with Crippen molar-refractivity contribution in [1.29, 1.82) is 0 Å². The van der Waals surface area contributed by atoms with Gasteiger partial charge in [-0.25, -0.2) is 0 Å². The van der Waals surface area contributed by atoms with Crippen LogP contribution in [0.4, 0.5) is 0 Å². The molecule has 1 atom stereocenters. The van der Waals surface area contributed by atoms with Crippen molar-refractivity contribution in [1.82, 2.24) is 4.90 Å². The van der Waals surface area contributed by atoms with Gasteiger partial charge in [-0.05, 0) is 38.3 Å². The van der Waals surface area contributed by atoms with Gasteiger partial charge >= 0.3 is 5.97 Å². The van der Waals surface area contributed by atoms with Crippen molar-refractivity contribution < 1.29 is 9.90 Å². The molecule has 2 rings (SSSR count). The lowest BCUT2D eigenvalue weighted by Gasteiger charge is -2.31. The quantitative estimate of drug-likeness (QED) is 0.798. The van der Waals surface area contributed by atoms with Crippen molar-refractivity contribution in [2.24, 2.45) is 11.8 Å². The molecule has 3 heteroatoms. The molecular weight excluding hydrogens is 202 g/mol. The van der Waals surface area contributed by atoms with E-state index >= 15 is 0 Å². The fourth-order valence-corrected chi connectivity index (χ4v) is 3.12. The minimum atomic E-state index is -0.606. The summed E-state index contributed by atoms with van der Waals surface area (Å²) in [5.74, 6) is 0.202. The second-order valence-corrected chi connectivity index (χ2v) is 5.42. The molecule has 1 heterocycles. The Bertz CT molecular complexity index is 236. The van der Waals surface area contributed by atoms with Crippen molar-refractivity contribution in [3.63, 3.8) is 0 Å². The van der Waals surface area contributed by atoms with Crippen LogP contribution in [0.15, 0.2) is 0 Å². The zero-order chi connectivity index (χ0) is 11.4. The van der Waals surface area contributed by atoms with E-state index in [1.54, 1.807) is 0 Å². The molecule has 1 N–H and O–H groups in total. The first-order valence-electron chi connectivity index (χ1n) is 6.71. The Morgan fingerprint density at radius 2 is 1.94 bits per heavy atom. The summed E-state index contributed by atoms with van der Waals surface area (Å²) in [5.41, 5.74) is 0. The van der Waals surface area contributed by atoms with Crippen LogP contribution in [-0.2, 0) is 4.79 Å². The molecule has 0 aromatic heterocycles. The summed E-state index contributed by atoms with van der Waals surface area (Å²) in [6.07, 6.45) is 8.82. The summed E-state index contributed by atoms with van der Waals surface area (Å²) < 4.78 is 0. The standard InChI is InChI=1S/C13H23NO2/c15-13(16)12-6-3-8-14(10-12)9-7-11-4-1-2-5-11/h11-12H,1-10H2,(H,15,16). The highest BCUT2D eigenvalue weighted by atomic mass is 16.4. The molecule has 92 valence electrons. The Morgan fingerprint density at radius 1 is 1.19 bits per heavy atom. The zero-order valence-corrected chi connectivity index (χ0v) is 10.0. The number of piperidine rings is 1. The third-order valence-corrected chi connectivity index (χ3v) is 4.18. The molecule has 1 aliphatic heterocycles. The summed E-state index contributed by atoms with van der Waals surface area (Å²) in [4.78, 5) is 13.3. The van der Waals surface area contributed by atoms with E-state index < -0.39 is 5.97 Å². The van der Waals surface area contributed by atoms with Gasteiger partial charge in [-0.3, -0.25) is 4.79 Å². The highest BCUT2D eigenvalue weighted by Gasteiger charge is 2.25. The molecule has 2 fully saturated rings. The Balaban J connectivity index is 1.70. The Morgan fingerprint density at radius 3 is 2.62 bits per heavy atom. The van der Waals surface area contributed by atoms with Crippen LogP contribution in [0.2, 0.25) is 0 Å². The molecule has 0 aromatic carbocycles. The summed E-state index contributed by atoms with van der Waals surface area (Å²) in [7, 11) is 0. The fourth-order valence-electron chi connectivity index (χ4n) is 3.12. The third kappa shape index (κ3) is 3.21. The van der Waals surface area contributed by atoms with Crippen molar-refractivity contribution in [3.8, 4) is 0 Å². The zero-order valence-electron chi connectivity index (χ0n) is 10.0. The van der Waals surface area contributed by atoms with Gasteiger partial charge < -0.3 is 10.0 Å². The molecular formula is C13H23NO2. The number of hydrogen-bond acceptors (Lipinski definition) is 2. The van der Waals surface area contributed by atoms with E-state index in [-0.39, 0.29) is 5.92 Å². The van der Waals surface area contributed by atoms with Gasteiger partial charge in [0, 0.05) is 6.54 Å². The number of carboxylic acids is 1.